The van der Waals surface area contributed by atoms with E-state index in [4.69, 9.17) is 11.6 Å². The molecule has 1 aromatic heterocycles. The summed E-state index contributed by atoms with van der Waals surface area (Å²) in [5.74, 6) is 0. The summed E-state index contributed by atoms with van der Waals surface area (Å²) < 4.78 is 0. The molecule has 1 N–H and O–H groups in total. The molecule has 0 radical (unpaired) electrons. The van der Waals surface area contributed by atoms with Crippen molar-refractivity contribution in [1.82, 2.24) is 4.98 Å². The van der Waals surface area contributed by atoms with Crippen molar-refractivity contribution in [3.63, 3.8) is 0 Å². The molecule has 5 nitrogen and oxygen atoms in total. The van der Waals surface area contributed by atoms with Crippen molar-refractivity contribution in [2.75, 3.05) is 5.32 Å². The number of nitrogens with zero attached hydrogens (tertiary/aromatic N) is 2. The van der Waals surface area contributed by atoms with Crippen LogP contribution >= 0.6 is 23.4 Å². The van der Waals surface area contributed by atoms with Gasteiger partial charge in [-0.3, -0.25) is 15.1 Å². The third-order valence-electron chi connectivity index (χ3n) is 3.43. The third-order valence-corrected chi connectivity index (χ3v) is 4.86. The molecule has 0 spiro atoms. The molecule has 0 fully saturated rings. The molecule has 3 aromatic rings. The van der Waals surface area contributed by atoms with Crippen LogP contribution in [0.1, 0.15) is 10.9 Å². The van der Waals surface area contributed by atoms with Gasteiger partial charge in [-0.2, -0.15) is 0 Å². The number of nitrogens with one attached hydrogen (secondary N) is 1. The molecular formula is C18H14ClN3O2S. The zero-order valence-corrected chi connectivity index (χ0v) is 14.6. The van der Waals surface area contributed by atoms with Crippen LogP contribution in [-0.2, 0) is 0 Å². The summed E-state index contributed by atoms with van der Waals surface area (Å²) in [7, 11) is 0. The molecule has 126 valence electrons. The average molecular weight is 372 g/mol. The summed E-state index contributed by atoms with van der Waals surface area (Å²) in [5.41, 5.74) is 1.86. The van der Waals surface area contributed by atoms with E-state index in [0.717, 1.165) is 16.1 Å². The first-order valence-corrected chi connectivity index (χ1v) is 8.71. The van der Waals surface area contributed by atoms with E-state index in [1.165, 1.54) is 12.1 Å². The van der Waals surface area contributed by atoms with Crippen molar-refractivity contribution in [3.05, 3.63) is 93.8 Å². The Balaban J connectivity index is 1.87. The molecule has 0 amide bonds. The highest BCUT2D eigenvalue weighted by Gasteiger charge is 2.15. The molecule has 7 heteroatoms. The number of rotatable bonds is 6. The van der Waals surface area contributed by atoms with Gasteiger partial charge in [0.2, 0.25) is 0 Å². The lowest BCUT2D eigenvalue weighted by atomic mass is 10.2. The second-order valence-electron chi connectivity index (χ2n) is 5.19. The first kappa shape index (κ1) is 17.3. The lowest BCUT2D eigenvalue weighted by Gasteiger charge is -2.20. The van der Waals surface area contributed by atoms with Crippen LogP contribution in [0.5, 0.6) is 0 Å². The molecule has 3 rings (SSSR count). The highest BCUT2D eigenvalue weighted by molar-refractivity contribution is 7.99. The predicted molar refractivity (Wildman–Crippen MR) is 101 cm³/mol. The maximum Gasteiger partial charge on any atom is 0.269 e. The molecule has 0 aliphatic heterocycles. The molecular weight excluding hydrogens is 358 g/mol. The normalized spacial score (nSPS) is 11.7. The molecule has 0 saturated heterocycles. The van der Waals surface area contributed by atoms with Gasteiger partial charge in [-0.05, 0) is 54.1 Å². The number of aromatic nitrogens is 1. The summed E-state index contributed by atoms with van der Waals surface area (Å²) >= 11 is 7.54. The SMILES string of the molecule is O=[N+]([O-])c1ccc([C@@H](Nc2cccnc2)Sc2ccc(Cl)cc2)cc1. The Morgan fingerprint density at radius 1 is 1.08 bits per heavy atom. The van der Waals surface area contributed by atoms with Crippen LogP contribution in [0.25, 0.3) is 0 Å². The second-order valence-corrected chi connectivity index (χ2v) is 6.80. The van der Waals surface area contributed by atoms with Crippen molar-refractivity contribution >= 4 is 34.7 Å². The summed E-state index contributed by atoms with van der Waals surface area (Å²) in [6.07, 6.45) is 3.44. The standard InChI is InChI=1S/C18H14ClN3O2S/c19-14-5-9-17(10-6-14)25-18(21-15-2-1-11-20-12-15)13-3-7-16(8-4-13)22(23)24/h1-12,18,21H/t18-/m0/s1. The Morgan fingerprint density at radius 3 is 2.40 bits per heavy atom. The molecule has 2 aromatic carbocycles. The van der Waals surface area contributed by atoms with Crippen LogP contribution in [0.4, 0.5) is 11.4 Å². The Hall–Kier alpha value is -2.57. The zero-order valence-electron chi connectivity index (χ0n) is 13.0. The number of nitro groups is 1. The van der Waals surface area contributed by atoms with Crippen molar-refractivity contribution < 1.29 is 4.92 Å². The van der Waals surface area contributed by atoms with Gasteiger partial charge in [0, 0.05) is 34.4 Å². The summed E-state index contributed by atoms with van der Waals surface area (Å²) in [6, 6.07) is 17.9. The number of anilines is 1. The van der Waals surface area contributed by atoms with Crippen molar-refractivity contribution in [2.24, 2.45) is 0 Å². The average Bonchev–Trinajstić information content (AvgIpc) is 2.64. The van der Waals surface area contributed by atoms with Crippen LogP contribution < -0.4 is 5.32 Å². The van der Waals surface area contributed by atoms with Gasteiger partial charge in [-0.1, -0.05) is 23.4 Å². The van der Waals surface area contributed by atoms with Crippen molar-refractivity contribution in [2.45, 2.75) is 10.3 Å². The molecule has 0 aliphatic rings. The third kappa shape index (κ3) is 4.71. The van der Waals surface area contributed by atoms with Gasteiger partial charge in [-0.25, -0.2) is 0 Å². The topological polar surface area (TPSA) is 68.1 Å². The number of benzene rings is 2. The molecule has 0 saturated carbocycles. The molecule has 0 bridgehead atoms. The van der Waals surface area contributed by atoms with Crippen LogP contribution in [0, 0.1) is 10.1 Å². The van der Waals surface area contributed by atoms with Gasteiger partial charge >= 0.3 is 0 Å². The minimum atomic E-state index is -0.403. The van der Waals surface area contributed by atoms with Gasteiger partial charge in [0.15, 0.2) is 0 Å². The Morgan fingerprint density at radius 2 is 1.80 bits per heavy atom. The fourth-order valence-electron chi connectivity index (χ4n) is 2.20. The number of nitro benzene ring substituents is 1. The van der Waals surface area contributed by atoms with Crippen LogP contribution in [0.2, 0.25) is 5.02 Å². The maximum absolute atomic E-state index is 10.9. The molecule has 1 heterocycles. The van der Waals surface area contributed by atoms with Crippen LogP contribution in [0.15, 0.2) is 78.0 Å². The van der Waals surface area contributed by atoms with Crippen LogP contribution in [0.3, 0.4) is 0 Å². The maximum atomic E-state index is 10.9. The molecule has 1 atom stereocenters. The summed E-state index contributed by atoms with van der Waals surface area (Å²) in [4.78, 5) is 15.6. The largest absolute Gasteiger partial charge is 0.368 e. The number of thioether (sulfide) groups is 1. The highest BCUT2D eigenvalue weighted by atomic mass is 35.5. The van der Waals surface area contributed by atoms with E-state index in [1.54, 1.807) is 36.3 Å². The van der Waals surface area contributed by atoms with Gasteiger partial charge < -0.3 is 5.32 Å². The van der Waals surface area contributed by atoms with E-state index < -0.39 is 4.92 Å². The van der Waals surface area contributed by atoms with E-state index in [0.29, 0.717) is 5.02 Å². The molecule has 25 heavy (non-hydrogen) atoms. The van der Waals surface area contributed by atoms with E-state index >= 15 is 0 Å². The Labute approximate surface area is 154 Å². The fourth-order valence-corrected chi connectivity index (χ4v) is 3.38. The Kier molecular flexibility index (Phi) is 5.53. The zero-order chi connectivity index (χ0) is 17.6. The smallest absolute Gasteiger partial charge is 0.269 e. The van der Waals surface area contributed by atoms with E-state index in [-0.39, 0.29) is 11.1 Å². The van der Waals surface area contributed by atoms with E-state index in [2.05, 4.69) is 10.3 Å². The van der Waals surface area contributed by atoms with E-state index in [1.807, 2.05) is 36.4 Å². The molecule has 0 unspecified atom stereocenters. The summed E-state index contributed by atoms with van der Waals surface area (Å²) in [6.45, 7) is 0. The first-order valence-electron chi connectivity index (χ1n) is 7.45. The van der Waals surface area contributed by atoms with Gasteiger partial charge in [0.05, 0.1) is 10.6 Å². The molecule has 0 aliphatic carbocycles. The highest BCUT2D eigenvalue weighted by Crippen LogP contribution is 2.36. The van der Waals surface area contributed by atoms with Gasteiger partial charge in [0.1, 0.15) is 5.37 Å². The minimum absolute atomic E-state index is 0.0698. The van der Waals surface area contributed by atoms with Gasteiger partial charge in [-0.15, -0.1) is 0 Å². The first-order chi connectivity index (χ1) is 12.1. The quantitative estimate of drug-likeness (QED) is 0.266. The number of hydrogen-bond acceptors (Lipinski definition) is 5. The number of hydrogen-bond donors (Lipinski definition) is 1. The monoisotopic (exact) mass is 371 g/mol. The number of halogens is 1. The van der Waals surface area contributed by atoms with E-state index in [9.17, 15) is 10.1 Å². The van der Waals surface area contributed by atoms with Crippen molar-refractivity contribution in [3.8, 4) is 0 Å². The summed E-state index contributed by atoms with van der Waals surface area (Å²) in [5, 5.41) is 14.8. The minimum Gasteiger partial charge on any atom is -0.368 e. The lowest BCUT2D eigenvalue weighted by molar-refractivity contribution is -0.384. The second kappa shape index (κ2) is 8.00. The van der Waals surface area contributed by atoms with Gasteiger partial charge in [0.25, 0.3) is 5.69 Å². The lowest BCUT2D eigenvalue weighted by Crippen LogP contribution is -2.07. The fraction of sp³-hybridized carbons (Fsp3) is 0.0556. The number of pyridine rings is 1. The predicted octanol–water partition coefficient (Wildman–Crippen LogP) is 5.55. The van der Waals surface area contributed by atoms with Crippen LogP contribution in [-0.4, -0.2) is 9.91 Å². The number of non-ortho nitro benzene ring substituents is 1. The Bertz CT molecular complexity index is 842. The van der Waals surface area contributed by atoms with Crippen molar-refractivity contribution in [1.29, 1.82) is 0 Å².